The van der Waals surface area contributed by atoms with E-state index in [-0.39, 0.29) is 5.91 Å². The Labute approximate surface area is 183 Å². The fraction of sp³-hybridized carbons (Fsp3) is 0.333. The summed E-state index contributed by atoms with van der Waals surface area (Å²) in [7, 11) is 0. The number of carbonyl (C=O) groups excluding carboxylic acids is 1. The molecule has 152 valence electrons. The van der Waals surface area contributed by atoms with E-state index in [2.05, 4.69) is 4.90 Å². The van der Waals surface area contributed by atoms with Gasteiger partial charge in [0.2, 0.25) is 0 Å². The van der Waals surface area contributed by atoms with Gasteiger partial charge in [0, 0.05) is 31.2 Å². The zero-order valence-corrected chi connectivity index (χ0v) is 18.4. The standard InChI is InChI=1S/C21H21Cl2N3O2S/c1-14-12-15(22)13-18-19(14)24-21(29-18)26(7-6-25-8-10-28-11-9-25)20(27)16-4-2-3-5-17(16)23/h2-5,12-13H,6-11H2,1H3. The Kier molecular flexibility index (Phi) is 6.37. The van der Waals surface area contributed by atoms with Crippen molar-refractivity contribution in [3.05, 3.63) is 57.6 Å². The van der Waals surface area contributed by atoms with Crippen molar-refractivity contribution in [2.24, 2.45) is 0 Å². The van der Waals surface area contributed by atoms with Crippen molar-refractivity contribution in [1.29, 1.82) is 0 Å². The van der Waals surface area contributed by atoms with Gasteiger partial charge >= 0.3 is 0 Å². The lowest BCUT2D eigenvalue weighted by Gasteiger charge is -2.29. The molecule has 1 fully saturated rings. The fourth-order valence-electron chi connectivity index (χ4n) is 3.39. The van der Waals surface area contributed by atoms with E-state index in [1.807, 2.05) is 31.2 Å². The van der Waals surface area contributed by atoms with Crippen LogP contribution in [0.3, 0.4) is 0 Å². The summed E-state index contributed by atoms with van der Waals surface area (Å²) in [6.45, 7) is 6.41. The highest BCUT2D eigenvalue weighted by Crippen LogP contribution is 2.34. The first-order valence-electron chi connectivity index (χ1n) is 9.46. The number of nitrogens with zero attached hydrogens (tertiary/aromatic N) is 3. The smallest absolute Gasteiger partial charge is 0.261 e. The molecule has 0 atom stereocenters. The first kappa shape index (κ1) is 20.6. The van der Waals surface area contributed by atoms with Crippen LogP contribution in [0.25, 0.3) is 10.2 Å². The minimum absolute atomic E-state index is 0.147. The second-order valence-corrected chi connectivity index (χ2v) is 8.81. The largest absolute Gasteiger partial charge is 0.379 e. The van der Waals surface area contributed by atoms with Gasteiger partial charge in [0.15, 0.2) is 5.13 Å². The summed E-state index contributed by atoms with van der Waals surface area (Å²) in [6.07, 6.45) is 0. The molecule has 0 spiro atoms. The number of fused-ring (bicyclic) bond motifs is 1. The van der Waals surface area contributed by atoms with E-state index in [0.29, 0.717) is 27.3 Å². The van der Waals surface area contributed by atoms with E-state index in [1.54, 1.807) is 17.0 Å². The van der Waals surface area contributed by atoms with Crippen LogP contribution in [-0.4, -0.2) is 55.2 Å². The fourth-order valence-corrected chi connectivity index (χ4v) is 5.05. The van der Waals surface area contributed by atoms with Crippen molar-refractivity contribution in [3.63, 3.8) is 0 Å². The quantitative estimate of drug-likeness (QED) is 0.555. The second-order valence-electron chi connectivity index (χ2n) is 6.96. The molecule has 0 unspecified atom stereocenters. The van der Waals surface area contributed by atoms with Gasteiger partial charge in [0.25, 0.3) is 5.91 Å². The maximum absolute atomic E-state index is 13.4. The van der Waals surface area contributed by atoms with Crippen molar-refractivity contribution in [3.8, 4) is 0 Å². The summed E-state index contributed by atoms with van der Waals surface area (Å²) < 4.78 is 6.39. The Balaban J connectivity index is 1.68. The van der Waals surface area contributed by atoms with Gasteiger partial charge in [-0.2, -0.15) is 0 Å². The van der Waals surface area contributed by atoms with Gasteiger partial charge in [-0.1, -0.05) is 46.7 Å². The molecule has 1 aliphatic rings. The van der Waals surface area contributed by atoms with Crippen molar-refractivity contribution >= 4 is 55.8 Å². The minimum atomic E-state index is -0.147. The number of aromatic nitrogens is 1. The van der Waals surface area contributed by atoms with Crippen LogP contribution < -0.4 is 4.90 Å². The third-order valence-corrected chi connectivity index (χ3v) is 6.54. The van der Waals surface area contributed by atoms with Crippen molar-refractivity contribution in [2.45, 2.75) is 6.92 Å². The summed E-state index contributed by atoms with van der Waals surface area (Å²) in [5.74, 6) is -0.147. The minimum Gasteiger partial charge on any atom is -0.379 e. The average Bonchev–Trinajstić information content (AvgIpc) is 3.13. The molecule has 29 heavy (non-hydrogen) atoms. The van der Waals surface area contributed by atoms with E-state index in [9.17, 15) is 4.79 Å². The Morgan fingerprint density at radius 3 is 2.76 bits per heavy atom. The first-order chi connectivity index (χ1) is 14.0. The maximum Gasteiger partial charge on any atom is 0.261 e. The third kappa shape index (κ3) is 4.57. The van der Waals surface area contributed by atoms with E-state index >= 15 is 0 Å². The summed E-state index contributed by atoms with van der Waals surface area (Å²) in [4.78, 5) is 22.2. The van der Waals surface area contributed by atoms with Gasteiger partial charge in [-0.3, -0.25) is 14.6 Å². The molecule has 0 aliphatic carbocycles. The lowest BCUT2D eigenvalue weighted by atomic mass is 10.2. The zero-order chi connectivity index (χ0) is 20.4. The molecular formula is C21H21Cl2N3O2S. The SMILES string of the molecule is Cc1cc(Cl)cc2sc(N(CCN3CCOCC3)C(=O)c3ccccc3Cl)nc12. The Bertz CT molecular complexity index is 1030. The van der Waals surface area contributed by atoms with Crippen LogP contribution in [0.1, 0.15) is 15.9 Å². The summed E-state index contributed by atoms with van der Waals surface area (Å²) >= 11 is 14.0. The monoisotopic (exact) mass is 449 g/mol. The third-order valence-electron chi connectivity index (χ3n) is 4.96. The van der Waals surface area contributed by atoms with Gasteiger partial charge in [0.05, 0.1) is 34.0 Å². The summed E-state index contributed by atoms with van der Waals surface area (Å²) in [6, 6.07) is 10.9. The number of hydrogen-bond acceptors (Lipinski definition) is 5. The number of hydrogen-bond donors (Lipinski definition) is 0. The Morgan fingerprint density at radius 2 is 2.00 bits per heavy atom. The van der Waals surface area contributed by atoms with E-state index < -0.39 is 0 Å². The molecular weight excluding hydrogens is 429 g/mol. The molecule has 2 aromatic carbocycles. The van der Waals surface area contributed by atoms with Crippen LogP contribution in [-0.2, 0) is 4.74 Å². The average molecular weight is 450 g/mol. The van der Waals surface area contributed by atoms with E-state index in [0.717, 1.165) is 48.6 Å². The van der Waals surface area contributed by atoms with Gasteiger partial charge < -0.3 is 4.74 Å². The molecule has 1 saturated heterocycles. The van der Waals surface area contributed by atoms with E-state index in [4.69, 9.17) is 32.9 Å². The molecule has 1 amide bonds. The van der Waals surface area contributed by atoms with Crippen LogP contribution in [0.5, 0.6) is 0 Å². The van der Waals surface area contributed by atoms with Crippen LogP contribution in [0.2, 0.25) is 10.0 Å². The molecule has 5 nitrogen and oxygen atoms in total. The van der Waals surface area contributed by atoms with Crippen LogP contribution in [0.4, 0.5) is 5.13 Å². The second kappa shape index (κ2) is 8.98. The number of carbonyl (C=O) groups is 1. The molecule has 1 aromatic heterocycles. The molecule has 0 saturated carbocycles. The molecule has 2 heterocycles. The number of amides is 1. The number of morpholine rings is 1. The Morgan fingerprint density at radius 1 is 1.24 bits per heavy atom. The summed E-state index contributed by atoms with van der Waals surface area (Å²) in [5.41, 5.74) is 2.34. The molecule has 0 bridgehead atoms. The number of anilines is 1. The van der Waals surface area contributed by atoms with Crippen LogP contribution >= 0.6 is 34.5 Å². The van der Waals surface area contributed by atoms with Gasteiger partial charge in [-0.15, -0.1) is 0 Å². The normalized spacial score (nSPS) is 15.0. The highest BCUT2D eigenvalue weighted by molar-refractivity contribution is 7.22. The first-order valence-corrected chi connectivity index (χ1v) is 11.0. The maximum atomic E-state index is 13.4. The zero-order valence-electron chi connectivity index (χ0n) is 16.0. The lowest BCUT2D eigenvalue weighted by Crippen LogP contribution is -2.43. The number of aryl methyl sites for hydroxylation is 1. The molecule has 0 N–H and O–H groups in total. The molecule has 1 aliphatic heterocycles. The highest BCUT2D eigenvalue weighted by Gasteiger charge is 2.24. The van der Waals surface area contributed by atoms with Gasteiger partial charge in [-0.05, 0) is 36.8 Å². The summed E-state index contributed by atoms with van der Waals surface area (Å²) in [5, 5.41) is 1.76. The predicted molar refractivity (Wildman–Crippen MR) is 120 cm³/mol. The molecule has 8 heteroatoms. The number of ether oxygens (including phenoxy) is 1. The predicted octanol–water partition coefficient (Wildman–Crippen LogP) is 4.89. The molecule has 4 rings (SSSR count). The number of benzene rings is 2. The van der Waals surface area contributed by atoms with Crippen molar-refractivity contribution in [2.75, 3.05) is 44.3 Å². The number of halogens is 2. The van der Waals surface area contributed by atoms with Crippen LogP contribution in [0.15, 0.2) is 36.4 Å². The van der Waals surface area contributed by atoms with Crippen molar-refractivity contribution in [1.82, 2.24) is 9.88 Å². The van der Waals surface area contributed by atoms with Crippen LogP contribution in [0, 0.1) is 6.92 Å². The van der Waals surface area contributed by atoms with Crippen molar-refractivity contribution < 1.29 is 9.53 Å². The van der Waals surface area contributed by atoms with E-state index in [1.165, 1.54) is 11.3 Å². The topological polar surface area (TPSA) is 45.7 Å². The van der Waals surface area contributed by atoms with Gasteiger partial charge in [-0.25, -0.2) is 4.98 Å². The lowest BCUT2D eigenvalue weighted by molar-refractivity contribution is 0.0391. The number of rotatable bonds is 5. The number of thiazole rings is 1. The highest BCUT2D eigenvalue weighted by atomic mass is 35.5. The molecule has 3 aromatic rings. The van der Waals surface area contributed by atoms with Gasteiger partial charge in [0.1, 0.15) is 0 Å². The Hall–Kier alpha value is -1.70. The molecule has 0 radical (unpaired) electrons.